The van der Waals surface area contributed by atoms with E-state index in [1.165, 1.54) is 11.8 Å². The summed E-state index contributed by atoms with van der Waals surface area (Å²) in [6.45, 7) is 9.37. The molecule has 0 radical (unpaired) electrons. The van der Waals surface area contributed by atoms with Crippen molar-refractivity contribution in [2.45, 2.75) is 26.9 Å². The minimum Gasteiger partial charge on any atom is -0.491 e. The third-order valence-corrected chi connectivity index (χ3v) is 6.68. The standard InChI is InChI=1S/C24H26ClN3O2S/c1-16(2)30-20-8-5-18(6-9-20)14-22-23(29)26-24(31-22)28-12-10-27(11-13-28)19-7-4-17(3)21(25)15-19/h4-9,14-16H,10-13H2,1-3H3. The third kappa shape index (κ3) is 5.25. The van der Waals surface area contributed by atoms with Crippen molar-refractivity contribution in [1.29, 1.82) is 0 Å². The minimum atomic E-state index is -0.171. The molecule has 162 valence electrons. The summed E-state index contributed by atoms with van der Waals surface area (Å²) in [6.07, 6.45) is 2.03. The zero-order valence-electron chi connectivity index (χ0n) is 18.0. The summed E-state index contributed by atoms with van der Waals surface area (Å²) in [5, 5.41) is 1.58. The second kappa shape index (κ2) is 9.37. The lowest BCUT2D eigenvalue weighted by atomic mass is 10.2. The topological polar surface area (TPSA) is 45.1 Å². The molecule has 1 fully saturated rings. The summed E-state index contributed by atoms with van der Waals surface area (Å²) in [5.74, 6) is 0.655. The van der Waals surface area contributed by atoms with Gasteiger partial charge in [-0.25, -0.2) is 0 Å². The Hall–Kier alpha value is -2.44. The number of benzene rings is 2. The van der Waals surface area contributed by atoms with Gasteiger partial charge in [0.2, 0.25) is 0 Å². The van der Waals surface area contributed by atoms with Crippen LogP contribution in [0.25, 0.3) is 6.08 Å². The van der Waals surface area contributed by atoms with Crippen LogP contribution in [0.4, 0.5) is 5.69 Å². The average Bonchev–Trinajstić information content (AvgIpc) is 3.11. The van der Waals surface area contributed by atoms with Crippen molar-refractivity contribution in [3.8, 4) is 5.75 Å². The van der Waals surface area contributed by atoms with E-state index in [0.29, 0.717) is 4.91 Å². The Kier molecular flexibility index (Phi) is 6.58. The maximum atomic E-state index is 12.4. The van der Waals surface area contributed by atoms with Gasteiger partial charge in [-0.1, -0.05) is 29.8 Å². The fourth-order valence-electron chi connectivity index (χ4n) is 3.53. The first-order valence-corrected chi connectivity index (χ1v) is 11.6. The molecule has 4 rings (SSSR count). The number of rotatable bonds is 4. The molecule has 2 aliphatic rings. The molecule has 0 bridgehead atoms. The summed E-state index contributed by atoms with van der Waals surface area (Å²) in [4.78, 5) is 21.9. The number of anilines is 1. The summed E-state index contributed by atoms with van der Waals surface area (Å²) in [5.41, 5.74) is 3.18. The Balaban J connectivity index is 1.36. The van der Waals surface area contributed by atoms with E-state index >= 15 is 0 Å². The van der Waals surface area contributed by atoms with Gasteiger partial charge in [-0.05, 0) is 74.0 Å². The summed E-state index contributed by atoms with van der Waals surface area (Å²) in [6, 6.07) is 14.0. The van der Waals surface area contributed by atoms with Gasteiger partial charge < -0.3 is 14.5 Å². The highest BCUT2D eigenvalue weighted by Gasteiger charge is 2.28. The molecule has 7 heteroatoms. The molecule has 0 N–H and O–H groups in total. The highest BCUT2D eigenvalue weighted by molar-refractivity contribution is 8.18. The van der Waals surface area contributed by atoms with Crippen LogP contribution in [0.15, 0.2) is 52.4 Å². The molecule has 0 atom stereocenters. The van der Waals surface area contributed by atoms with E-state index in [-0.39, 0.29) is 12.0 Å². The van der Waals surface area contributed by atoms with Gasteiger partial charge in [-0.3, -0.25) is 4.79 Å². The van der Waals surface area contributed by atoms with Crippen LogP contribution in [-0.4, -0.2) is 48.3 Å². The SMILES string of the molecule is Cc1ccc(N2CCN(C3=NC(=O)C(=Cc4ccc(OC(C)C)cc4)S3)CC2)cc1Cl. The van der Waals surface area contributed by atoms with E-state index in [2.05, 4.69) is 26.9 Å². The van der Waals surface area contributed by atoms with Crippen LogP contribution in [0.3, 0.4) is 0 Å². The van der Waals surface area contributed by atoms with Gasteiger partial charge in [0, 0.05) is 36.9 Å². The highest BCUT2D eigenvalue weighted by Crippen LogP contribution is 2.32. The van der Waals surface area contributed by atoms with Gasteiger partial charge in [-0.15, -0.1) is 0 Å². The molecule has 2 heterocycles. The number of amidine groups is 1. The lowest BCUT2D eigenvalue weighted by Gasteiger charge is -2.36. The molecule has 0 spiro atoms. The number of halogens is 1. The summed E-state index contributed by atoms with van der Waals surface area (Å²) < 4.78 is 5.68. The van der Waals surface area contributed by atoms with Crippen LogP contribution in [0.5, 0.6) is 5.75 Å². The molecule has 31 heavy (non-hydrogen) atoms. The number of ether oxygens (including phenoxy) is 1. The van der Waals surface area contributed by atoms with Crippen LogP contribution in [0.1, 0.15) is 25.0 Å². The smallest absolute Gasteiger partial charge is 0.286 e. The molecular weight excluding hydrogens is 430 g/mol. The molecule has 0 saturated carbocycles. The number of nitrogens with zero attached hydrogens (tertiary/aromatic N) is 3. The molecule has 5 nitrogen and oxygen atoms in total. The number of hydrogen-bond donors (Lipinski definition) is 0. The van der Waals surface area contributed by atoms with Gasteiger partial charge in [0.15, 0.2) is 5.17 Å². The Labute approximate surface area is 192 Å². The molecule has 0 unspecified atom stereocenters. The number of thioether (sulfide) groups is 1. The highest BCUT2D eigenvalue weighted by atomic mass is 35.5. The first-order chi connectivity index (χ1) is 14.9. The van der Waals surface area contributed by atoms with E-state index in [0.717, 1.165) is 58.9 Å². The molecule has 0 aromatic heterocycles. The predicted octanol–water partition coefficient (Wildman–Crippen LogP) is 5.23. The number of aryl methyl sites for hydroxylation is 1. The first-order valence-electron chi connectivity index (χ1n) is 10.4. The number of hydrogen-bond acceptors (Lipinski definition) is 5. The van der Waals surface area contributed by atoms with Crippen molar-refractivity contribution < 1.29 is 9.53 Å². The van der Waals surface area contributed by atoms with Crippen LogP contribution in [-0.2, 0) is 4.79 Å². The Morgan fingerprint density at radius 1 is 1.06 bits per heavy atom. The number of aliphatic imine (C=N–C) groups is 1. The monoisotopic (exact) mass is 455 g/mol. The molecule has 2 aromatic rings. The second-order valence-corrected chi connectivity index (χ2v) is 9.37. The fraction of sp³-hybridized carbons (Fsp3) is 0.333. The Morgan fingerprint density at radius 2 is 1.74 bits per heavy atom. The predicted molar refractivity (Wildman–Crippen MR) is 130 cm³/mol. The number of piperazine rings is 1. The maximum absolute atomic E-state index is 12.4. The lowest BCUT2D eigenvalue weighted by molar-refractivity contribution is -0.113. The quantitative estimate of drug-likeness (QED) is 0.591. The Morgan fingerprint density at radius 3 is 2.39 bits per heavy atom. The van der Waals surface area contributed by atoms with Gasteiger partial charge >= 0.3 is 0 Å². The van der Waals surface area contributed by atoms with Crippen molar-refractivity contribution in [3.05, 3.63) is 63.5 Å². The number of carbonyl (C=O) groups is 1. The molecule has 2 aliphatic heterocycles. The molecule has 1 saturated heterocycles. The van der Waals surface area contributed by atoms with Crippen molar-refractivity contribution in [2.24, 2.45) is 4.99 Å². The molecule has 1 amide bonds. The van der Waals surface area contributed by atoms with Gasteiger partial charge in [0.25, 0.3) is 5.91 Å². The van der Waals surface area contributed by atoms with E-state index in [1.807, 2.05) is 57.2 Å². The normalized spacial score (nSPS) is 18.2. The van der Waals surface area contributed by atoms with E-state index in [9.17, 15) is 4.79 Å². The van der Waals surface area contributed by atoms with E-state index in [1.54, 1.807) is 0 Å². The van der Waals surface area contributed by atoms with Crippen molar-refractivity contribution in [1.82, 2.24) is 4.90 Å². The fourth-order valence-corrected chi connectivity index (χ4v) is 4.67. The van der Waals surface area contributed by atoms with Gasteiger partial charge in [0.1, 0.15) is 5.75 Å². The Bertz CT molecular complexity index is 1030. The molecule has 0 aliphatic carbocycles. The van der Waals surface area contributed by atoms with Crippen LogP contribution in [0, 0.1) is 6.92 Å². The molecule has 2 aromatic carbocycles. The second-order valence-electron chi connectivity index (χ2n) is 7.95. The summed E-state index contributed by atoms with van der Waals surface area (Å²) in [7, 11) is 0. The largest absolute Gasteiger partial charge is 0.491 e. The van der Waals surface area contributed by atoms with E-state index in [4.69, 9.17) is 16.3 Å². The van der Waals surface area contributed by atoms with Crippen molar-refractivity contribution >= 4 is 46.2 Å². The zero-order chi connectivity index (χ0) is 22.0. The number of carbonyl (C=O) groups excluding carboxylic acids is 1. The van der Waals surface area contributed by atoms with Crippen LogP contribution < -0.4 is 9.64 Å². The van der Waals surface area contributed by atoms with Crippen LogP contribution in [0.2, 0.25) is 5.02 Å². The first kappa shape index (κ1) is 21.8. The lowest BCUT2D eigenvalue weighted by Crippen LogP contribution is -2.47. The zero-order valence-corrected chi connectivity index (χ0v) is 19.5. The van der Waals surface area contributed by atoms with Crippen molar-refractivity contribution in [3.63, 3.8) is 0 Å². The van der Waals surface area contributed by atoms with Gasteiger partial charge in [0.05, 0.1) is 11.0 Å². The summed E-state index contributed by atoms with van der Waals surface area (Å²) >= 11 is 7.74. The number of amides is 1. The van der Waals surface area contributed by atoms with E-state index < -0.39 is 0 Å². The maximum Gasteiger partial charge on any atom is 0.286 e. The molecular formula is C24H26ClN3O2S. The van der Waals surface area contributed by atoms with Crippen LogP contribution >= 0.6 is 23.4 Å². The minimum absolute atomic E-state index is 0.135. The van der Waals surface area contributed by atoms with Gasteiger partial charge in [-0.2, -0.15) is 4.99 Å². The average molecular weight is 456 g/mol. The third-order valence-electron chi connectivity index (χ3n) is 5.23. The van der Waals surface area contributed by atoms with Crippen molar-refractivity contribution in [2.75, 3.05) is 31.1 Å².